The number of benzene rings is 1. The van der Waals surface area contributed by atoms with Gasteiger partial charge in [0.15, 0.2) is 0 Å². The van der Waals surface area contributed by atoms with E-state index in [1.54, 1.807) is 7.11 Å². The first-order valence-electron chi connectivity index (χ1n) is 7.99. The molecule has 0 spiro atoms. The number of carbonyl (C=O) groups excluding carboxylic acids is 1. The van der Waals surface area contributed by atoms with Gasteiger partial charge in [0, 0.05) is 31.8 Å². The van der Waals surface area contributed by atoms with Gasteiger partial charge >= 0.3 is 0 Å². The Morgan fingerprint density at radius 2 is 2.27 bits per heavy atom. The predicted octanol–water partition coefficient (Wildman–Crippen LogP) is 1.93. The Kier molecular flexibility index (Phi) is 6.68. The molecule has 5 nitrogen and oxygen atoms in total. The van der Waals surface area contributed by atoms with Crippen molar-refractivity contribution in [2.24, 2.45) is 0 Å². The zero-order valence-corrected chi connectivity index (χ0v) is 13.5. The van der Waals surface area contributed by atoms with E-state index >= 15 is 0 Å². The highest BCUT2D eigenvalue weighted by Crippen LogP contribution is 2.18. The molecule has 1 saturated heterocycles. The molecule has 1 aromatic carbocycles. The van der Waals surface area contributed by atoms with E-state index < -0.39 is 0 Å². The molecule has 1 heterocycles. The second-order valence-electron chi connectivity index (χ2n) is 5.51. The fraction of sp³-hybridized carbons (Fsp3) is 0.588. The second-order valence-corrected chi connectivity index (χ2v) is 5.51. The van der Waals surface area contributed by atoms with Crippen LogP contribution in [0.5, 0.6) is 5.75 Å². The molecule has 1 atom stereocenters. The zero-order chi connectivity index (χ0) is 15.8. The molecule has 1 aliphatic heterocycles. The minimum Gasteiger partial charge on any atom is -0.491 e. The van der Waals surface area contributed by atoms with E-state index in [2.05, 4.69) is 12.2 Å². The molecule has 122 valence electrons. The van der Waals surface area contributed by atoms with Gasteiger partial charge in [0.1, 0.15) is 12.4 Å². The van der Waals surface area contributed by atoms with Gasteiger partial charge < -0.3 is 19.7 Å². The number of hydrogen-bond acceptors (Lipinski definition) is 4. The highest BCUT2D eigenvalue weighted by Gasteiger charge is 2.26. The highest BCUT2D eigenvalue weighted by atomic mass is 16.5. The lowest BCUT2D eigenvalue weighted by molar-refractivity contribution is 0.0691. The molecule has 5 heteroatoms. The van der Waals surface area contributed by atoms with Gasteiger partial charge in [0.2, 0.25) is 0 Å². The summed E-state index contributed by atoms with van der Waals surface area (Å²) in [5.41, 5.74) is 0.690. The van der Waals surface area contributed by atoms with Crippen molar-refractivity contribution < 1.29 is 14.3 Å². The minimum atomic E-state index is 0.0905. The van der Waals surface area contributed by atoms with Crippen LogP contribution < -0.4 is 10.1 Å². The van der Waals surface area contributed by atoms with Crippen LogP contribution in [0.25, 0.3) is 0 Å². The van der Waals surface area contributed by atoms with Gasteiger partial charge in [-0.1, -0.05) is 13.0 Å². The summed E-state index contributed by atoms with van der Waals surface area (Å²) in [5.74, 6) is 0.802. The maximum Gasteiger partial charge on any atom is 0.254 e. The average molecular weight is 306 g/mol. The summed E-state index contributed by atoms with van der Waals surface area (Å²) in [7, 11) is 1.64. The summed E-state index contributed by atoms with van der Waals surface area (Å²) >= 11 is 0. The van der Waals surface area contributed by atoms with Gasteiger partial charge in [0.25, 0.3) is 5.91 Å². The van der Waals surface area contributed by atoms with Gasteiger partial charge in [-0.25, -0.2) is 0 Å². The van der Waals surface area contributed by atoms with Crippen molar-refractivity contribution in [3.63, 3.8) is 0 Å². The molecule has 22 heavy (non-hydrogen) atoms. The molecule has 1 N–H and O–H groups in total. The van der Waals surface area contributed by atoms with E-state index in [-0.39, 0.29) is 5.91 Å². The largest absolute Gasteiger partial charge is 0.491 e. The molecule has 0 bridgehead atoms. The molecule has 1 amide bonds. The number of carbonyl (C=O) groups is 1. The van der Waals surface area contributed by atoms with Crippen molar-refractivity contribution in [3.05, 3.63) is 29.8 Å². The Labute approximate surface area is 132 Å². The van der Waals surface area contributed by atoms with Gasteiger partial charge in [-0.2, -0.15) is 0 Å². The molecule has 0 saturated carbocycles. The smallest absolute Gasteiger partial charge is 0.254 e. The van der Waals surface area contributed by atoms with Crippen molar-refractivity contribution in [2.45, 2.75) is 25.8 Å². The Bertz CT molecular complexity index is 473. The predicted molar refractivity (Wildman–Crippen MR) is 86.4 cm³/mol. The molecule has 0 radical (unpaired) electrons. The first kappa shape index (κ1) is 16.8. The quantitative estimate of drug-likeness (QED) is 0.746. The molecule has 1 aromatic rings. The van der Waals surface area contributed by atoms with Gasteiger partial charge in [0.05, 0.1) is 6.61 Å². The second kappa shape index (κ2) is 8.76. The van der Waals surface area contributed by atoms with E-state index in [1.165, 1.54) is 0 Å². The van der Waals surface area contributed by atoms with E-state index in [1.807, 2.05) is 29.2 Å². The van der Waals surface area contributed by atoms with Crippen LogP contribution in [0.15, 0.2) is 24.3 Å². The third kappa shape index (κ3) is 4.45. The molecule has 2 rings (SSSR count). The minimum absolute atomic E-state index is 0.0905. The van der Waals surface area contributed by atoms with Crippen molar-refractivity contribution in [2.75, 3.05) is 40.0 Å². The number of nitrogens with one attached hydrogen (secondary N) is 1. The Balaban J connectivity index is 2.06. The number of nitrogens with zero attached hydrogens (tertiary/aromatic N) is 1. The van der Waals surface area contributed by atoms with Crippen LogP contribution in [-0.4, -0.2) is 56.8 Å². The van der Waals surface area contributed by atoms with E-state index in [4.69, 9.17) is 9.47 Å². The molecule has 0 aromatic heterocycles. The molecular weight excluding hydrogens is 280 g/mol. The molecule has 0 aliphatic carbocycles. The van der Waals surface area contributed by atoms with E-state index in [0.29, 0.717) is 30.6 Å². The van der Waals surface area contributed by atoms with Crippen LogP contribution in [0.4, 0.5) is 0 Å². The summed E-state index contributed by atoms with van der Waals surface area (Å²) in [6.07, 6.45) is 1.99. The van der Waals surface area contributed by atoms with Gasteiger partial charge in [-0.15, -0.1) is 0 Å². The first-order valence-corrected chi connectivity index (χ1v) is 7.99. The summed E-state index contributed by atoms with van der Waals surface area (Å²) in [5, 5.41) is 3.33. The van der Waals surface area contributed by atoms with E-state index in [9.17, 15) is 4.79 Å². The number of ether oxygens (including phenoxy) is 2. The topological polar surface area (TPSA) is 50.8 Å². The normalized spacial score (nSPS) is 17.5. The summed E-state index contributed by atoms with van der Waals surface area (Å²) in [4.78, 5) is 14.8. The van der Waals surface area contributed by atoms with Gasteiger partial charge in [-0.05, 0) is 37.6 Å². The summed E-state index contributed by atoms with van der Waals surface area (Å²) in [6.45, 7) is 5.79. The number of hydrogen-bond donors (Lipinski definition) is 1. The lowest BCUT2D eigenvalue weighted by Gasteiger charge is -2.28. The van der Waals surface area contributed by atoms with Crippen molar-refractivity contribution in [3.8, 4) is 5.75 Å². The first-order chi connectivity index (χ1) is 10.8. The Morgan fingerprint density at radius 3 is 2.95 bits per heavy atom. The molecular formula is C17H26N2O3. The lowest BCUT2D eigenvalue weighted by atomic mass is 10.1. The Morgan fingerprint density at radius 1 is 1.41 bits per heavy atom. The summed E-state index contributed by atoms with van der Waals surface area (Å²) in [6, 6.07) is 7.71. The van der Waals surface area contributed by atoms with Crippen LogP contribution in [0.2, 0.25) is 0 Å². The average Bonchev–Trinajstić information content (AvgIpc) is 3.07. The number of amides is 1. The number of methoxy groups -OCH3 is 1. The number of rotatable bonds is 8. The maximum atomic E-state index is 12.8. The van der Waals surface area contributed by atoms with Gasteiger partial charge in [-0.3, -0.25) is 4.79 Å². The maximum absolute atomic E-state index is 12.8. The van der Waals surface area contributed by atoms with Crippen LogP contribution in [0.3, 0.4) is 0 Å². The Hall–Kier alpha value is -1.59. The standard InChI is InChI=1S/C17H26N2O3/c1-3-9-19(15-7-8-18-13-15)17(20)14-5-4-6-16(12-14)22-11-10-21-2/h4-6,12,15,18H,3,7-11,13H2,1-2H3. The van der Waals surface area contributed by atoms with Crippen molar-refractivity contribution >= 4 is 5.91 Å². The van der Waals surface area contributed by atoms with Crippen LogP contribution in [0.1, 0.15) is 30.1 Å². The highest BCUT2D eigenvalue weighted by molar-refractivity contribution is 5.94. The summed E-state index contributed by atoms with van der Waals surface area (Å²) < 4.78 is 10.6. The fourth-order valence-corrected chi connectivity index (χ4v) is 2.72. The monoisotopic (exact) mass is 306 g/mol. The van der Waals surface area contributed by atoms with E-state index in [0.717, 1.165) is 32.5 Å². The van der Waals surface area contributed by atoms with Crippen LogP contribution in [0, 0.1) is 0 Å². The molecule has 1 fully saturated rings. The molecule has 1 unspecified atom stereocenters. The third-order valence-corrected chi connectivity index (χ3v) is 3.84. The van der Waals surface area contributed by atoms with Crippen molar-refractivity contribution in [1.29, 1.82) is 0 Å². The van der Waals surface area contributed by atoms with Crippen molar-refractivity contribution in [1.82, 2.24) is 10.2 Å². The van der Waals surface area contributed by atoms with Crippen LogP contribution in [-0.2, 0) is 4.74 Å². The molecule has 1 aliphatic rings. The fourth-order valence-electron chi connectivity index (χ4n) is 2.72. The third-order valence-electron chi connectivity index (χ3n) is 3.84. The van der Waals surface area contributed by atoms with Crippen LogP contribution >= 0.6 is 0 Å². The zero-order valence-electron chi connectivity index (χ0n) is 13.5. The lowest BCUT2D eigenvalue weighted by Crippen LogP contribution is -2.42. The SMILES string of the molecule is CCCN(C(=O)c1cccc(OCCOC)c1)C1CCNC1.